The highest BCUT2D eigenvalue weighted by atomic mass is 32.2. The number of nitrogens with one attached hydrogen (secondary N) is 2. The maximum absolute atomic E-state index is 11.7. The van der Waals surface area contributed by atoms with Crippen LogP contribution in [0.3, 0.4) is 0 Å². The summed E-state index contributed by atoms with van der Waals surface area (Å²) in [6.07, 6.45) is 0. The summed E-state index contributed by atoms with van der Waals surface area (Å²) in [5.74, 6) is 0.311. The highest BCUT2D eigenvalue weighted by Gasteiger charge is 2.09. The van der Waals surface area contributed by atoms with Crippen molar-refractivity contribution >= 4 is 29.3 Å². The summed E-state index contributed by atoms with van der Waals surface area (Å²) < 4.78 is 4.94. The number of thioether (sulfide) groups is 1. The van der Waals surface area contributed by atoms with Crippen molar-refractivity contribution in [2.75, 3.05) is 30.5 Å². The molecule has 0 heterocycles. The summed E-state index contributed by atoms with van der Waals surface area (Å²) in [7, 11) is 1.59. The molecule has 0 radical (unpaired) electrons. The number of amides is 2. The normalized spacial score (nSPS) is 11.8. The topological polar surface area (TPSA) is 67.4 Å². The fourth-order valence-corrected chi connectivity index (χ4v) is 2.39. The Morgan fingerprint density at radius 3 is 2.67 bits per heavy atom. The van der Waals surface area contributed by atoms with Crippen molar-refractivity contribution in [3.8, 4) is 0 Å². The molecule has 0 saturated carbocycles. The van der Waals surface area contributed by atoms with Gasteiger partial charge in [-0.25, -0.2) is 0 Å². The lowest BCUT2D eigenvalue weighted by molar-refractivity contribution is -0.119. The summed E-state index contributed by atoms with van der Waals surface area (Å²) >= 11 is 1.29. The van der Waals surface area contributed by atoms with E-state index < -0.39 is 0 Å². The Balaban J connectivity index is 2.23. The van der Waals surface area contributed by atoms with Gasteiger partial charge in [-0.3, -0.25) is 9.59 Å². The van der Waals surface area contributed by atoms with Crippen molar-refractivity contribution in [1.82, 2.24) is 5.32 Å². The Kier molecular flexibility index (Phi) is 7.85. The maximum atomic E-state index is 11.7. The first kappa shape index (κ1) is 17.5. The van der Waals surface area contributed by atoms with E-state index >= 15 is 0 Å². The Bertz CT molecular complexity index is 480. The third kappa shape index (κ3) is 7.72. The van der Waals surface area contributed by atoms with E-state index in [4.69, 9.17) is 4.74 Å². The predicted octanol–water partition coefficient (Wildman–Crippen LogP) is 1.82. The fourth-order valence-electron chi connectivity index (χ4n) is 1.76. The van der Waals surface area contributed by atoms with Crippen LogP contribution in [0, 0.1) is 6.92 Å². The van der Waals surface area contributed by atoms with E-state index in [9.17, 15) is 9.59 Å². The molecule has 6 heteroatoms. The number of methoxy groups -OCH3 is 1. The standard InChI is InChI=1S/C15H22N2O3S/c1-11-5-4-6-13(7-11)17-15(19)10-21-9-14(18)16-12(2)8-20-3/h4-7,12H,8-10H2,1-3H3,(H,16,18)(H,17,19)/t12-/m0/s1. The van der Waals surface area contributed by atoms with Gasteiger partial charge in [0.05, 0.1) is 18.1 Å². The van der Waals surface area contributed by atoms with Crippen LogP contribution >= 0.6 is 11.8 Å². The van der Waals surface area contributed by atoms with Crippen molar-refractivity contribution in [2.24, 2.45) is 0 Å². The monoisotopic (exact) mass is 310 g/mol. The number of hydrogen-bond acceptors (Lipinski definition) is 4. The van der Waals surface area contributed by atoms with E-state index in [1.165, 1.54) is 11.8 Å². The molecule has 5 nitrogen and oxygen atoms in total. The summed E-state index contributed by atoms with van der Waals surface area (Å²) in [5.41, 5.74) is 1.87. The van der Waals surface area contributed by atoms with Gasteiger partial charge in [-0.1, -0.05) is 12.1 Å². The van der Waals surface area contributed by atoms with Gasteiger partial charge in [0, 0.05) is 18.8 Å². The number of benzene rings is 1. The van der Waals surface area contributed by atoms with Gasteiger partial charge in [0.1, 0.15) is 0 Å². The molecule has 0 spiro atoms. The zero-order valence-corrected chi connectivity index (χ0v) is 13.5. The lowest BCUT2D eigenvalue weighted by Gasteiger charge is -2.12. The Hall–Kier alpha value is -1.53. The second-order valence-electron chi connectivity index (χ2n) is 4.83. The van der Waals surface area contributed by atoms with E-state index in [-0.39, 0.29) is 29.4 Å². The number of carbonyl (C=O) groups excluding carboxylic acids is 2. The van der Waals surface area contributed by atoms with Gasteiger partial charge in [-0.15, -0.1) is 11.8 Å². The SMILES string of the molecule is COC[C@H](C)NC(=O)CSCC(=O)Nc1cccc(C)c1. The van der Waals surface area contributed by atoms with E-state index in [0.29, 0.717) is 6.61 Å². The average Bonchev–Trinajstić information content (AvgIpc) is 2.38. The lowest BCUT2D eigenvalue weighted by Crippen LogP contribution is -2.36. The van der Waals surface area contributed by atoms with Crippen LogP contribution in [0.15, 0.2) is 24.3 Å². The fraction of sp³-hybridized carbons (Fsp3) is 0.467. The summed E-state index contributed by atoms with van der Waals surface area (Å²) in [6, 6.07) is 7.58. The molecule has 0 aromatic heterocycles. The van der Waals surface area contributed by atoms with Crippen molar-refractivity contribution in [2.45, 2.75) is 19.9 Å². The third-order valence-electron chi connectivity index (χ3n) is 2.59. The van der Waals surface area contributed by atoms with Crippen molar-refractivity contribution < 1.29 is 14.3 Å². The summed E-state index contributed by atoms with van der Waals surface area (Å²) in [5, 5.41) is 5.60. The van der Waals surface area contributed by atoms with E-state index in [1.54, 1.807) is 7.11 Å². The maximum Gasteiger partial charge on any atom is 0.234 e. The Morgan fingerprint density at radius 1 is 1.29 bits per heavy atom. The van der Waals surface area contributed by atoms with Gasteiger partial charge in [0.25, 0.3) is 0 Å². The zero-order chi connectivity index (χ0) is 15.7. The first-order valence-electron chi connectivity index (χ1n) is 6.74. The molecular weight excluding hydrogens is 288 g/mol. The van der Waals surface area contributed by atoms with Crippen LogP contribution in [0.2, 0.25) is 0 Å². The molecule has 0 unspecified atom stereocenters. The second kappa shape index (κ2) is 9.41. The van der Waals surface area contributed by atoms with E-state index in [0.717, 1.165) is 11.3 Å². The van der Waals surface area contributed by atoms with Gasteiger partial charge in [0.2, 0.25) is 11.8 Å². The molecule has 0 aliphatic rings. The van der Waals surface area contributed by atoms with E-state index in [1.807, 2.05) is 38.1 Å². The van der Waals surface area contributed by atoms with Crippen molar-refractivity contribution in [1.29, 1.82) is 0 Å². The molecule has 1 atom stereocenters. The number of aryl methyl sites for hydroxylation is 1. The zero-order valence-electron chi connectivity index (χ0n) is 12.6. The highest BCUT2D eigenvalue weighted by Crippen LogP contribution is 2.10. The molecule has 1 rings (SSSR count). The molecule has 1 aromatic rings. The third-order valence-corrected chi connectivity index (χ3v) is 3.52. The second-order valence-corrected chi connectivity index (χ2v) is 5.82. The molecule has 0 aliphatic heterocycles. The van der Waals surface area contributed by atoms with Gasteiger partial charge >= 0.3 is 0 Å². The molecule has 2 N–H and O–H groups in total. The Morgan fingerprint density at radius 2 is 2.00 bits per heavy atom. The molecule has 0 fully saturated rings. The number of rotatable bonds is 8. The van der Waals surface area contributed by atoms with Crippen LogP contribution in [0.25, 0.3) is 0 Å². The van der Waals surface area contributed by atoms with Gasteiger partial charge in [-0.2, -0.15) is 0 Å². The number of anilines is 1. The van der Waals surface area contributed by atoms with E-state index in [2.05, 4.69) is 10.6 Å². The minimum absolute atomic E-state index is 0.0239. The molecule has 116 valence electrons. The predicted molar refractivity (Wildman–Crippen MR) is 86.6 cm³/mol. The minimum atomic E-state index is -0.108. The highest BCUT2D eigenvalue weighted by molar-refractivity contribution is 8.00. The van der Waals surface area contributed by atoms with Crippen LogP contribution in [0.1, 0.15) is 12.5 Å². The largest absolute Gasteiger partial charge is 0.383 e. The number of hydrogen-bond donors (Lipinski definition) is 2. The average molecular weight is 310 g/mol. The summed E-state index contributed by atoms with van der Waals surface area (Å²) in [6.45, 7) is 4.32. The molecule has 2 amide bonds. The molecular formula is C15H22N2O3S. The molecule has 0 bridgehead atoms. The van der Waals surface area contributed by atoms with Crippen LogP contribution < -0.4 is 10.6 Å². The molecule has 21 heavy (non-hydrogen) atoms. The van der Waals surface area contributed by atoms with Gasteiger partial charge in [-0.05, 0) is 31.5 Å². The number of carbonyl (C=O) groups is 2. The summed E-state index contributed by atoms with van der Waals surface area (Å²) in [4.78, 5) is 23.3. The first-order valence-corrected chi connectivity index (χ1v) is 7.89. The minimum Gasteiger partial charge on any atom is -0.383 e. The smallest absolute Gasteiger partial charge is 0.234 e. The Labute approximate surface area is 129 Å². The van der Waals surface area contributed by atoms with Crippen LogP contribution in [-0.2, 0) is 14.3 Å². The quantitative estimate of drug-likeness (QED) is 0.768. The van der Waals surface area contributed by atoms with Gasteiger partial charge < -0.3 is 15.4 Å². The van der Waals surface area contributed by atoms with Crippen molar-refractivity contribution in [3.63, 3.8) is 0 Å². The van der Waals surface area contributed by atoms with Crippen LogP contribution in [0.4, 0.5) is 5.69 Å². The van der Waals surface area contributed by atoms with Crippen LogP contribution in [0.5, 0.6) is 0 Å². The number of ether oxygens (including phenoxy) is 1. The van der Waals surface area contributed by atoms with Crippen LogP contribution in [-0.4, -0.2) is 43.1 Å². The first-order chi connectivity index (χ1) is 10.0. The molecule has 1 aromatic carbocycles. The van der Waals surface area contributed by atoms with Gasteiger partial charge in [0.15, 0.2) is 0 Å². The molecule has 0 aliphatic carbocycles. The lowest BCUT2D eigenvalue weighted by atomic mass is 10.2. The van der Waals surface area contributed by atoms with Crippen molar-refractivity contribution in [3.05, 3.63) is 29.8 Å². The molecule has 0 saturated heterocycles.